The van der Waals surface area contributed by atoms with Crippen LogP contribution in [0.3, 0.4) is 0 Å². The van der Waals surface area contributed by atoms with Crippen LogP contribution in [0.4, 0.5) is 5.95 Å². The number of anilines is 1. The number of hydrogen-bond acceptors (Lipinski definition) is 8. The third-order valence-corrected chi connectivity index (χ3v) is 5.51. The standard InChI is InChI=1S/C24H24N6O3/c1-3-12-30-18-7-5-4-6-17(18)21-22(30)26-24(29-27-21)28-25-14-15-8-11-19(20(13-15)32-2)33-23(31)16-9-10-16/h4-8,11,13-14,16H,3,9-10,12H2,1-2H3,(H,26,28,29)/b25-14+. The topological polar surface area (TPSA) is 104 Å². The highest BCUT2D eigenvalue weighted by Gasteiger charge is 2.32. The van der Waals surface area contributed by atoms with Crippen LogP contribution in [0.5, 0.6) is 11.5 Å². The van der Waals surface area contributed by atoms with Crippen LogP contribution in [0.15, 0.2) is 47.6 Å². The molecule has 2 aromatic heterocycles. The first-order valence-electron chi connectivity index (χ1n) is 11.0. The van der Waals surface area contributed by atoms with Gasteiger partial charge in [0.1, 0.15) is 5.52 Å². The third kappa shape index (κ3) is 4.21. The summed E-state index contributed by atoms with van der Waals surface area (Å²) < 4.78 is 13.0. The molecule has 0 unspecified atom stereocenters. The predicted octanol–water partition coefficient (Wildman–Crippen LogP) is 4.16. The van der Waals surface area contributed by atoms with Crippen LogP contribution < -0.4 is 14.9 Å². The molecule has 1 N–H and O–H groups in total. The summed E-state index contributed by atoms with van der Waals surface area (Å²) in [7, 11) is 1.53. The summed E-state index contributed by atoms with van der Waals surface area (Å²) in [4.78, 5) is 16.6. The van der Waals surface area contributed by atoms with E-state index < -0.39 is 0 Å². The summed E-state index contributed by atoms with van der Waals surface area (Å²) in [6.45, 7) is 2.97. The first kappa shape index (κ1) is 20.9. The molecule has 1 aliphatic rings. The number of nitrogens with one attached hydrogen (secondary N) is 1. The lowest BCUT2D eigenvalue weighted by Gasteiger charge is -2.09. The van der Waals surface area contributed by atoms with E-state index in [-0.39, 0.29) is 11.9 Å². The van der Waals surface area contributed by atoms with Crippen LogP contribution in [-0.2, 0) is 11.3 Å². The van der Waals surface area contributed by atoms with Gasteiger partial charge < -0.3 is 14.0 Å². The Morgan fingerprint density at radius 3 is 2.85 bits per heavy atom. The molecule has 0 radical (unpaired) electrons. The Kier molecular flexibility index (Phi) is 5.60. The number of methoxy groups -OCH3 is 1. The molecule has 33 heavy (non-hydrogen) atoms. The number of esters is 1. The highest BCUT2D eigenvalue weighted by Crippen LogP contribution is 2.34. The molecule has 168 valence electrons. The summed E-state index contributed by atoms with van der Waals surface area (Å²) in [5.74, 6) is 0.984. The summed E-state index contributed by atoms with van der Waals surface area (Å²) >= 11 is 0. The number of nitrogens with zero attached hydrogens (tertiary/aromatic N) is 5. The van der Waals surface area contributed by atoms with Crippen molar-refractivity contribution in [2.75, 3.05) is 12.5 Å². The zero-order valence-corrected chi connectivity index (χ0v) is 18.5. The molecule has 0 bridgehead atoms. The van der Waals surface area contributed by atoms with Gasteiger partial charge in [-0.05, 0) is 49.1 Å². The normalized spacial score (nSPS) is 13.6. The van der Waals surface area contributed by atoms with Crippen molar-refractivity contribution in [2.24, 2.45) is 11.0 Å². The summed E-state index contributed by atoms with van der Waals surface area (Å²) in [5, 5.41) is 13.8. The van der Waals surface area contributed by atoms with Crippen molar-refractivity contribution in [1.82, 2.24) is 19.7 Å². The molecule has 1 fully saturated rings. The number of fused-ring (bicyclic) bond motifs is 3. The summed E-state index contributed by atoms with van der Waals surface area (Å²) in [6.07, 6.45) is 4.37. The van der Waals surface area contributed by atoms with Gasteiger partial charge in [0.15, 0.2) is 17.1 Å². The van der Waals surface area contributed by atoms with Gasteiger partial charge in [0.2, 0.25) is 0 Å². The van der Waals surface area contributed by atoms with Crippen LogP contribution >= 0.6 is 0 Å². The minimum atomic E-state index is -0.211. The molecule has 0 aliphatic heterocycles. The molecular formula is C24H24N6O3. The fourth-order valence-corrected chi connectivity index (χ4v) is 3.72. The van der Waals surface area contributed by atoms with E-state index >= 15 is 0 Å². The second-order valence-corrected chi connectivity index (χ2v) is 7.95. The summed E-state index contributed by atoms with van der Waals surface area (Å²) in [5.41, 5.74) is 6.25. The molecule has 9 nitrogen and oxygen atoms in total. The van der Waals surface area contributed by atoms with Crippen molar-refractivity contribution in [2.45, 2.75) is 32.7 Å². The van der Waals surface area contributed by atoms with Gasteiger partial charge in [-0.1, -0.05) is 25.1 Å². The molecule has 0 saturated heterocycles. The minimum absolute atomic E-state index is 0.0159. The highest BCUT2D eigenvalue weighted by atomic mass is 16.6. The number of benzene rings is 2. The molecule has 0 amide bonds. The van der Waals surface area contributed by atoms with E-state index in [1.165, 1.54) is 7.11 Å². The Hall–Kier alpha value is -4.01. The van der Waals surface area contributed by atoms with Gasteiger partial charge in [-0.2, -0.15) is 10.1 Å². The second-order valence-electron chi connectivity index (χ2n) is 7.95. The maximum atomic E-state index is 11.9. The van der Waals surface area contributed by atoms with Gasteiger partial charge in [0, 0.05) is 11.9 Å². The smallest absolute Gasteiger partial charge is 0.314 e. The van der Waals surface area contributed by atoms with Crippen LogP contribution in [0.1, 0.15) is 31.7 Å². The molecule has 5 rings (SSSR count). The number of aromatic nitrogens is 4. The Balaban J connectivity index is 1.35. The molecule has 9 heteroatoms. The van der Waals surface area contributed by atoms with Crippen molar-refractivity contribution in [3.8, 4) is 11.5 Å². The summed E-state index contributed by atoms with van der Waals surface area (Å²) in [6, 6.07) is 13.4. The number of carbonyl (C=O) groups is 1. The number of hydrazone groups is 1. The lowest BCUT2D eigenvalue weighted by molar-refractivity contribution is -0.135. The van der Waals surface area contributed by atoms with Crippen molar-refractivity contribution < 1.29 is 14.3 Å². The molecular weight excluding hydrogens is 420 g/mol. The number of para-hydroxylation sites is 1. The van der Waals surface area contributed by atoms with Crippen molar-refractivity contribution in [3.05, 3.63) is 48.0 Å². The monoisotopic (exact) mass is 444 g/mol. The molecule has 0 atom stereocenters. The SMILES string of the molecule is CCCn1c2ccccc2c2nnc(N/N=C/c3ccc(OC(=O)C4CC4)c(OC)c3)nc21. The third-order valence-electron chi connectivity index (χ3n) is 5.51. The fourth-order valence-electron chi connectivity index (χ4n) is 3.72. The van der Waals surface area contributed by atoms with Crippen LogP contribution in [0.2, 0.25) is 0 Å². The van der Waals surface area contributed by atoms with E-state index in [0.717, 1.165) is 53.4 Å². The van der Waals surface area contributed by atoms with E-state index in [2.05, 4.69) is 43.3 Å². The Labute approximate surface area is 190 Å². The van der Waals surface area contributed by atoms with E-state index in [0.29, 0.717) is 17.4 Å². The van der Waals surface area contributed by atoms with Gasteiger partial charge in [-0.3, -0.25) is 4.79 Å². The minimum Gasteiger partial charge on any atom is -0.493 e. The van der Waals surface area contributed by atoms with E-state index in [9.17, 15) is 4.79 Å². The van der Waals surface area contributed by atoms with Crippen molar-refractivity contribution >= 4 is 40.2 Å². The number of aryl methyl sites for hydroxylation is 1. The molecule has 2 aromatic carbocycles. The van der Waals surface area contributed by atoms with Crippen LogP contribution in [0, 0.1) is 5.92 Å². The number of rotatable bonds is 8. The van der Waals surface area contributed by atoms with Gasteiger partial charge >= 0.3 is 5.97 Å². The maximum Gasteiger partial charge on any atom is 0.314 e. The number of hydrogen-bond donors (Lipinski definition) is 1. The Morgan fingerprint density at radius 2 is 2.06 bits per heavy atom. The van der Waals surface area contributed by atoms with Crippen molar-refractivity contribution in [1.29, 1.82) is 0 Å². The second kappa shape index (κ2) is 8.85. The van der Waals surface area contributed by atoms with Gasteiger partial charge in [0.05, 0.1) is 24.8 Å². The lowest BCUT2D eigenvalue weighted by Crippen LogP contribution is -2.10. The fraction of sp³-hybridized carbons (Fsp3) is 0.292. The number of ether oxygens (including phenoxy) is 2. The van der Waals surface area contributed by atoms with Crippen molar-refractivity contribution in [3.63, 3.8) is 0 Å². The quantitative estimate of drug-likeness (QED) is 0.188. The van der Waals surface area contributed by atoms with Gasteiger partial charge in [0.25, 0.3) is 5.95 Å². The van der Waals surface area contributed by atoms with E-state index in [1.54, 1.807) is 24.4 Å². The molecule has 2 heterocycles. The molecule has 0 spiro atoms. The Morgan fingerprint density at radius 1 is 1.21 bits per heavy atom. The zero-order chi connectivity index (χ0) is 22.8. The highest BCUT2D eigenvalue weighted by molar-refractivity contribution is 6.04. The zero-order valence-electron chi connectivity index (χ0n) is 18.5. The first-order valence-corrected chi connectivity index (χ1v) is 11.0. The van der Waals surface area contributed by atoms with Gasteiger partial charge in [-0.15, -0.1) is 10.2 Å². The average Bonchev–Trinajstić information content (AvgIpc) is 3.65. The molecule has 1 saturated carbocycles. The average molecular weight is 444 g/mol. The number of carbonyl (C=O) groups excluding carboxylic acids is 1. The predicted molar refractivity (Wildman–Crippen MR) is 126 cm³/mol. The van der Waals surface area contributed by atoms with Crippen LogP contribution in [-0.4, -0.2) is 39.0 Å². The molecule has 4 aromatic rings. The first-order chi connectivity index (χ1) is 16.2. The van der Waals surface area contributed by atoms with E-state index in [4.69, 9.17) is 9.47 Å². The largest absolute Gasteiger partial charge is 0.493 e. The lowest BCUT2D eigenvalue weighted by atomic mass is 10.2. The van der Waals surface area contributed by atoms with Gasteiger partial charge in [-0.25, -0.2) is 5.43 Å². The Bertz CT molecular complexity index is 1360. The van der Waals surface area contributed by atoms with Crippen LogP contribution in [0.25, 0.3) is 22.1 Å². The maximum absolute atomic E-state index is 11.9. The van der Waals surface area contributed by atoms with E-state index in [1.807, 2.05) is 18.2 Å². The molecule has 1 aliphatic carbocycles.